The van der Waals surface area contributed by atoms with Crippen LogP contribution in [0.2, 0.25) is 0 Å². The first-order valence-corrected chi connectivity index (χ1v) is 7.59. The highest BCUT2D eigenvalue weighted by Gasteiger charge is 2.19. The molecule has 2 N–H and O–H groups in total. The van der Waals surface area contributed by atoms with E-state index in [2.05, 4.69) is 35.2 Å². The molecule has 0 radical (unpaired) electrons. The number of anilines is 2. The van der Waals surface area contributed by atoms with Crippen LogP contribution in [-0.4, -0.2) is 11.5 Å². The van der Waals surface area contributed by atoms with Crippen LogP contribution in [0.1, 0.15) is 11.1 Å². The van der Waals surface area contributed by atoms with Gasteiger partial charge < -0.3 is 10.6 Å². The van der Waals surface area contributed by atoms with Gasteiger partial charge in [-0.1, -0.05) is 29.5 Å². The van der Waals surface area contributed by atoms with Crippen molar-refractivity contribution < 1.29 is 0 Å². The monoisotopic (exact) mass is 281 g/mol. The number of benzene rings is 2. The van der Waals surface area contributed by atoms with Crippen molar-refractivity contribution in [3.8, 4) is 0 Å². The molecule has 0 unspecified atom stereocenters. The number of thiazole rings is 1. The zero-order chi connectivity index (χ0) is 13.5. The average molecular weight is 281 g/mol. The number of para-hydroxylation sites is 1. The average Bonchev–Trinajstić information content (AvgIpc) is 2.90. The van der Waals surface area contributed by atoms with Gasteiger partial charge >= 0.3 is 0 Å². The van der Waals surface area contributed by atoms with Crippen LogP contribution >= 0.6 is 11.3 Å². The molecule has 0 aliphatic carbocycles. The number of nitrogens with two attached hydrogens (primary N) is 1. The standard InChI is InChI=1S/C16H15N3S/c17-13-6-5-11-7-8-19(10-12(11)9-13)16-18-14-3-1-2-4-15(14)20-16/h1-6,9H,7-8,10,17H2. The number of fused-ring (bicyclic) bond motifs is 2. The molecule has 4 heteroatoms. The molecule has 2 aromatic carbocycles. The van der Waals surface area contributed by atoms with E-state index in [1.165, 1.54) is 15.8 Å². The summed E-state index contributed by atoms with van der Waals surface area (Å²) in [6.07, 6.45) is 1.06. The third-order valence-electron chi connectivity index (χ3n) is 3.80. The molecule has 20 heavy (non-hydrogen) atoms. The molecule has 1 aliphatic rings. The Kier molecular flexibility index (Phi) is 2.63. The van der Waals surface area contributed by atoms with E-state index in [-0.39, 0.29) is 0 Å². The summed E-state index contributed by atoms with van der Waals surface area (Å²) in [5.74, 6) is 0. The zero-order valence-electron chi connectivity index (χ0n) is 11.0. The molecule has 1 aromatic heterocycles. The molecule has 3 aromatic rings. The van der Waals surface area contributed by atoms with Gasteiger partial charge in [0.2, 0.25) is 0 Å². The molecule has 4 rings (SSSR count). The largest absolute Gasteiger partial charge is 0.399 e. The van der Waals surface area contributed by atoms with Gasteiger partial charge in [0.15, 0.2) is 5.13 Å². The first-order chi connectivity index (χ1) is 9.79. The van der Waals surface area contributed by atoms with E-state index in [0.717, 1.165) is 35.8 Å². The molecule has 2 heterocycles. The molecule has 1 aliphatic heterocycles. The van der Waals surface area contributed by atoms with Gasteiger partial charge in [-0.15, -0.1) is 0 Å². The fourth-order valence-corrected chi connectivity index (χ4v) is 3.73. The van der Waals surface area contributed by atoms with Gasteiger partial charge in [-0.2, -0.15) is 0 Å². The summed E-state index contributed by atoms with van der Waals surface area (Å²) in [5, 5.41) is 1.11. The van der Waals surface area contributed by atoms with Crippen LogP contribution in [0, 0.1) is 0 Å². The lowest BCUT2D eigenvalue weighted by Crippen LogP contribution is -2.30. The zero-order valence-corrected chi connectivity index (χ0v) is 11.9. The minimum absolute atomic E-state index is 0.842. The van der Waals surface area contributed by atoms with Crippen LogP contribution in [0.5, 0.6) is 0 Å². The Bertz CT molecular complexity index is 745. The van der Waals surface area contributed by atoms with Gasteiger partial charge in [-0.25, -0.2) is 4.98 Å². The van der Waals surface area contributed by atoms with Crippen molar-refractivity contribution in [2.24, 2.45) is 0 Å². The SMILES string of the molecule is Nc1ccc2c(c1)CN(c1nc3ccccc3s1)CC2. The van der Waals surface area contributed by atoms with Crippen LogP contribution < -0.4 is 10.6 Å². The highest BCUT2D eigenvalue weighted by molar-refractivity contribution is 7.22. The van der Waals surface area contributed by atoms with Crippen LogP contribution in [0.3, 0.4) is 0 Å². The number of rotatable bonds is 1. The van der Waals surface area contributed by atoms with Gasteiger partial charge in [0.05, 0.1) is 10.2 Å². The van der Waals surface area contributed by atoms with Crippen LogP contribution in [0.25, 0.3) is 10.2 Å². The summed E-state index contributed by atoms with van der Waals surface area (Å²) in [6.45, 7) is 1.93. The van der Waals surface area contributed by atoms with Gasteiger partial charge in [0, 0.05) is 18.8 Å². The quantitative estimate of drug-likeness (QED) is 0.695. The Morgan fingerprint density at radius 2 is 2.00 bits per heavy atom. The topological polar surface area (TPSA) is 42.1 Å². The fraction of sp³-hybridized carbons (Fsp3) is 0.188. The maximum atomic E-state index is 5.90. The molecule has 3 nitrogen and oxygen atoms in total. The maximum absolute atomic E-state index is 5.90. The van der Waals surface area contributed by atoms with Crippen molar-refractivity contribution in [1.29, 1.82) is 0 Å². The maximum Gasteiger partial charge on any atom is 0.186 e. The van der Waals surface area contributed by atoms with Gasteiger partial charge in [-0.05, 0) is 41.8 Å². The summed E-state index contributed by atoms with van der Waals surface area (Å²) in [7, 11) is 0. The predicted octanol–water partition coefficient (Wildman–Crippen LogP) is 3.44. The van der Waals surface area contributed by atoms with Crippen LogP contribution in [0.15, 0.2) is 42.5 Å². The Balaban J connectivity index is 1.70. The van der Waals surface area contributed by atoms with E-state index < -0.39 is 0 Å². The molecule has 0 amide bonds. The molecule has 0 saturated heterocycles. The van der Waals surface area contributed by atoms with E-state index in [4.69, 9.17) is 10.7 Å². The molecular formula is C16H15N3S. The number of nitrogen functional groups attached to an aromatic ring is 1. The fourth-order valence-electron chi connectivity index (χ4n) is 2.74. The molecule has 0 bridgehead atoms. The number of hydrogen-bond acceptors (Lipinski definition) is 4. The Morgan fingerprint density at radius 3 is 2.90 bits per heavy atom. The third kappa shape index (κ3) is 1.93. The molecule has 0 spiro atoms. The van der Waals surface area contributed by atoms with Gasteiger partial charge in [0.1, 0.15) is 0 Å². The molecule has 100 valence electrons. The van der Waals surface area contributed by atoms with Gasteiger partial charge in [0.25, 0.3) is 0 Å². The Hall–Kier alpha value is -2.07. The van der Waals surface area contributed by atoms with E-state index >= 15 is 0 Å². The van der Waals surface area contributed by atoms with Crippen molar-refractivity contribution in [3.63, 3.8) is 0 Å². The lowest BCUT2D eigenvalue weighted by molar-refractivity contribution is 0.730. The van der Waals surface area contributed by atoms with E-state index in [1.54, 1.807) is 11.3 Å². The first-order valence-electron chi connectivity index (χ1n) is 6.77. The summed E-state index contributed by atoms with van der Waals surface area (Å²) in [4.78, 5) is 7.10. The second-order valence-corrected chi connectivity index (χ2v) is 6.17. The number of nitrogens with zero attached hydrogens (tertiary/aromatic N) is 2. The predicted molar refractivity (Wildman–Crippen MR) is 85.2 cm³/mol. The molecular weight excluding hydrogens is 266 g/mol. The highest BCUT2D eigenvalue weighted by Crippen LogP contribution is 2.32. The smallest absolute Gasteiger partial charge is 0.186 e. The molecule has 0 fully saturated rings. The van der Waals surface area contributed by atoms with Crippen molar-refractivity contribution in [2.45, 2.75) is 13.0 Å². The van der Waals surface area contributed by atoms with E-state index in [9.17, 15) is 0 Å². The van der Waals surface area contributed by atoms with Crippen molar-refractivity contribution in [3.05, 3.63) is 53.6 Å². The third-order valence-corrected chi connectivity index (χ3v) is 4.89. The number of hydrogen-bond donors (Lipinski definition) is 1. The first kappa shape index (κ1) is 11.7. The minimum atomic E-state index is 0.842. The second-order valence-electron chi connectivity index (χ2n) is 5.16. The Morgan fingerprint density at radius 1 is 1.10 bits per heavy atom. The Labute approximate surface area is 121 Å². The molecule has 0 saturated carbocycles. The van der Waals surface area contributed by atoms with Crippen LogP contribution in [0.4, 0.5) is 10.8 Å². The summed E-state index contributed by atoms with van der Waals surface area (Å²) in [6, 6.07) is 14.5. The minimum Gasteiger partial charge on any atom is -0.399 e. The van der Waals surface area contributed by atoms with Crippen molar-refractivity contribution in [1.82, 2.24) is 4.98 Å². The van der Waals surface area contributed by atoms with E-state index in [1.807, 2.05) is 12.1 Å². The summed E-state index contributed by atoms with van der Waals surface area (Å²) >= 11 is 1.77. The lowest BCUT2D eigenvalue weighted by Gasteiger charge is -2.28. The summed E-state index contributed by atoms with van der Waals surface area (Å²) in [5.41, 5.74) is 10.6. The van der Waals surface area contributed by atoms with Crippen molar-refractivity contribution in [2.75, 3.05) is 17.2 Å². The van der Waals surface area contributed by atoms with Crippen LogP contribution in [-0.2, 0) is 13.0 Å². The van der Waals surface area contributed by atoms with Crippen molar-refractivity contribution >= 4 is 32.4 Å². The summed E-state index contributed by atoms with van der Waals surface area (Å²) < 4.78 is 1.25. The lowest BCUT2D eigenvalue weighted by atomic mass is 9.99. The normalized spacial score (nSPS) is 14.5. The van der Waals surface area contributed by atoms with E-state index in [0.29, 0.717) is 0 Å². The molecule has 0 atom stereocenters. The highest BCUT2D eigenvalue weighted by atomic mass is 32.1. The second kappa shape index (κ2) is 4.49. The number of aromatic nitrogens is 1. The van der Waals surface area contributed by atoms with Gasteiger partial charge in [-0.3, -0.25) is 0 Å².